The Hall–Kier alpha value is -0.460. The van der Waals surface area contributed by atoms with Gasteiger partial charge in [-0.25, -0.2) is 9.36 Å². The molecule has 0 radical (unpaired) electrons. The number of esters is 1. The topological polar surface area (TPSA) is 113 Å². The summed E-state index contributed by atoms with van der Waals surface area (Å²) in [7, 11) is -4.64. The summed E-state index contributed by atoms with van der Waals surface area (Å²) >= 11 is 0. The molecule has 0 amide bonds. The van der Waals surface area contributed by atoms with Crippen molar-refractivity contribution in [1.29, 1.82) is 0 Å². The van der Waals surface area contributed by atoms with Crippen LogP contribution < -0.4 is 0 Å². The second-order valence-electron chi connectivity index (χ2n) is 8.17. The van der Waals surface area contributed by atoms with E-state index in [1.54, 1.807) is 0 Å². The summed E-state index contributed by atoms with van der Waals surface area (Å²) in [5.74, 6) is -0.143. The molecule has 3 N–H and O–H groups in total. The molecule has 1 unspecified atom stereocenters. The van der Waals surface area contributed by atoms with Crippen LogP contribution in [0.1, 0.15) is 117 Å². The molecule has 180 valence electrons. The van der Waals surface area contributed by atoms with Crippen LogP contribution in [0.25, 0.3) is 0 Å². The molecule has 1 saturated heterocycles. The van der Waals surface area contributed by atoms with Crippen molar-refractivity contribution in [2.75, 3.05) is 13.2 Å². The summed E-state index contributed by atoms with van der Waals surface area (Å²) in [6.45, 7) is 5.29. The Morgan fingerprint density at radius 2 is 1.20 bits per heavy atom. The molecule has 0 aliphatic carbocycles. The number of ether oxygens (including phenoxy) is 2. The van der Waals surface area contributed by atoms with Crippen molar-refractivity contribution in [3.63, 3.8) is 0 Å². The molecular weight excluding hydrogens is 407 g/mol. The van der Waals surface area contributed by atoms with Gasteiger partial charge in [0.05, 0.1) is 13.2 Å². The van der Waals surface area contributed by atoms with Crippen molar-refractivity contribution in [3.8, 4) is 0 Å². The van der Waals surface area contributed by atoms with Gasteiger partial charge in [-0.05, 0) is 19.8 Å². The fourth-order valence-corrected chi connectivity index (χ4v) is 3.68. The van der Waals surface area contributed by atoms with E-state index in [4.69, 9.17) is 28.7 Å². The summed E-state index contributed by atoms with van der Waals surface area (Å²) in [6, 6.07) is 0. The van der Waals surface area contributed by atoms with E-state index in [1.807, 2.05) is 6.92 Å². The first-order chi connectivity index (χ1) is 14.2. The van der Waals surface area contributed by atoms with Crippen LogP contribution in [0.4, 0.5) is 0 Å². The lowest BCUT2D eigenvalue weighted by atomic mass is 9.88. The largest absolute Gasteiger partial charge is 0.466 e. The van der Waals surface area contributed by atoms with Crippen LogP contribution in [0.5, 0.6) is 0 Å². The average Bonchev–Trinajstić information content (AvgIpc) is 2.62. The molecule has 30 heavy (non-hydrogen) atoms. The van der Waals surface area contributed by atoms with E-state index < -0.39 is 13.4 Å². The maximum Gasteiger partial charge on any atom is 0.466 e. The van der Waals surface area contributed by atoms with Crippen molar-refractivity contribution in [2.45, 2.75) is 122 Å². The summed E-state index contributed by atoms with van der Waals surface area (Å²) in [6.07, 6.45) is 20.7. The predicted octanol–water partition coefficient (Wildman–Crippen LogP) is 5.65. The second kappa shape index (κ2) is 18.1. The zero-order chi connectivity index (χ0) is 22.7. The van der Waals surface area contributed by atoms with E-state index in [2.05, 4.69) is 6.92 Å². The maximum absolute atomic E-state index is 12.0. The first-order valence-corrected chi connectivity index (χ1v) is 13.4. The fraction of sp³-hybridized carbons (Fsp3) is 0.955. The van der Waals surface area contributed by atoms with Gasteiger partial charge in [-0.1, -0.05) is 90.4 Å². The van der Waals surface area contributed by atoms with Crippen LogP contribution in [-0.2, 0) is 18.8 Å². The molecule has 0 aromatic heterocycles. The molecule has 1 aliphatic heterocycles. The predicted molar refractivity (Wildman–Crippen MR) is 119 cm³/mol. The quantitative estimate of drug-likeness (QED) is 0.148. The van der Waals surface area contributed by atoms with Crippen molar-refractivity contribution < 1.29 is 33.5 Å². The molecule has 0 spiro atoms. The van der Waals surface area contributed by atoms with Crippen LogP contribution in [0, 0.1) is 0 Å². The molecule has 1 atom stereocenters. The van der Waals surface area contributed by atoms with Gasteiger partial charge in [-0.15, -0.1) is 0 Å². The molecule has 7 nitrogen and oxygen atoms in total. The summed E-state index contributed by atoms with van der Waals surface area (Å²) in [4.78, 5) is 33.5. The number of hydrogen-bond donors (Lipinski definition) is 3. The first-order valence-electron chi connectivity index (χ1n) is 11.8. The number of carbonyl (C=O) groups is 1. The number of phosphoric acid groups is 1. The van der Waals surface area contributed by atoms with Gasteiger partial charge in [0, 0.05) is 6.42 Å². The highest BCUT2D eigenvalue weighted by Gasteiger charge is 2.46. The minimum atomic E-state index is -4.64. The standard InChI is InChI=1S/C22H42O3.H3O4P/c1-3-5-6-7-8-9-10-11-12-13-14-15-16-17-18-22(19-20-25-22)21(23)24-4-2;1-5(2,3)4/h3-20H2,1-2H3;(H3,1,2,3,4). The van der Waals surface area contributed by atoms with E-state index in [0.29, 0.717) is 13.2 Å². The Kier molecular flexibility index (Phi) is 17.9. The number of unbranched alkanes of at least 4 members (excludes halogenated alkanes) is 13. The minimum absolute atomic E-state index is 0.143. The van der Waals surface area contributed by atoms with E-state index >= 15 is 0 Å². The maximum atomic E-state index is 12.0. The highest BCUT2D eigenvalue weighted by Crippen LogP contribution is 2.33. The van der Waals surface area contributed by atoms with Crippen LogP contribution >= 0.6 is 7.82 Å². The van der Waals surface area contributed by atoms with Gasteiger partial charge < -0.3 is 24.2 Å². The summed E-state index contributed by atoms with van der Waals surface area (Å²) < 4.78 is 19.6. The Morgan fingerprint density at radius 1 is 0.833 bits per heavy atom. The Balaban J connectivity index is 0.00000150. The molecule has 1 heterocycles. The lowest BCUT2D eigenvalue weighted by molar-refractivity contribution is -0.201. The third-order valence-electron chi connectivity index (χ3n) is 5.47. The van der Waals surface area contributed by atoms with Gasteiger partial charge in [-0.2, -0.15) is 0 Å². The fourth-order valence-electron chi connectivity index (χ4n) is 3.68. The molecule has 1 fully saturated rings. The Morgan fingerprint density at radius 3 is 1.50 bits per heavy atom. The molecule has 0 bridgehead atoms. The number of rotatable bonds is 17. The van der Waals surface area contributed by atoms with Crippen molar-refractivity contribution in [1.82, 2.24) is 0 Å². The molecule has 1 rings (SSSR count). The lowest BCUT2D eigenvalue weighted by Gasteiger charge is -2.39. The Bertz CT molecular complexity index is 452. The smallest absolute Gasteiger partial charge is 0.464 e. The van der Waals surface area contributed by atoms with Crippen LogP contribution in [0.3, 0.4) is 0 Å². The lowest BCUT2D eigenvalue weighted by Crippen LogP contribution is -2.51. The molecule has 0 aromatic carbocycles. The highest BCUT2D eigenvalue weighted by atomic mass is 31.2. The van der Waals surface area contributed by atoms with Gasteiger partial charge in [0.15, 0.2) is 5.60 Å². The normalized spacial score (nSPS) is 18.3. The third kappa shape index (κ3) is 17.2. The van der Waals surface area contributed by atoms with E-state index in [1.165, 1.54) is 83.5 Å². The van der Waals surface area contributed by atoms with Gasteiger partial charge in [0.2, 0.25) is 0 Å². The second-order valence-corrected chi connectivity index (χ2v) is 9.20. The molecule has 0 saturated carbocycles. The van der Waals surface area contributed by atoms with E-state index in [-0.39, 0.29) is 5.97 Å². The SMILES string of the molecule is CCCCCCCCCCCCCCCCC1(C(=O)OCC)CCO1.O=P(O)(O)O. The van der Waals surface area contributed by atoms with Crippen molar-refractivity contribution >= 4 is 13.8 Å². The number of hydrogen-bond acceptors (Lipinski definition) is 4. The van der Waals surface area contributed by atoms with Gasteiger partial charge in [-0.3, -0.25) is 0 Å². The van der Waals surface area contributed by atoms with Crippen LogP contribution in [0.2, 0.25) is 0 Å². The third-order valence-corrected chi connectivity index (χ3v) is 5.47. The van der Waals surface area contributed by atoms with Crippen LogP contribution in [0.15, 0.2) is 0 Å². The molecule has 1 aliphatic rings. The van der Waals surface area contributed by atoms with E-state index in [9.17, 15) is 4.79 Å². The zero-order valence-corrected chi connectivity index (χ0v) is 20.0. The monoisotopic (exact) mass is 452 g/mol. The van der Waals surface area contributed by atoms with E-state index in [0.717, 1.165) is 19.3 Å². The van der Waals surface area contributed by atoms with Gasteiger partial charge in [0.25, 0.3) is 0 Å². The molecular formula is C22H45O7P. The molecule has 0 aromatic rings. The van der Waals surface area contributed by atoms with Crippen LogP contribution in [-0.4, -0.2) is 39.5 Å². The van der Waals surface area contributed by atoms with Gasteiger partial charge >= 0.3 is 13.8 Å². The highest BCUT2D eigenvalue weighted by molar-refractivity contribution is 7.45. The molecule has 8 heteroatoms. The first kappa shape index (κ1) is 29.5. The summed E-state index contributed by atoms with van der Waals surface area (Å²) in [5, 5.41) is 0. The number of carbonyl (C=O) groups excluding carboxylic acids is 1. The zero-order valence-electron chi connectivity index (χ0n) is 19.1. The average molecular weight is 453 g/mol. The minimum Gasteiger partial charge on any atom is -0.464 e. The van der Waals surface area contributed by atoms with Gasteiger partial charge in [0.1, 0.15) is 0 Å². The van der Waals surface area contributed by atoms with Crippen molar-refractivity contribution in [3.05, 3.63) is 0 Å². The Labute approximate surface area is 183 Å². The summed E-state index contributed by atoms with van der Waals surface area (Å²) in [5.41, 5.74) is -0.590. The van der Waals surface area contributed by atoms with Crippen molar-refractivity contribution in [2.24, 2.45) is 0 Å².